The third kappa shape index (κ3) is 4.48. The molecule has 0 aliphatic heterocycles. The summed E-state index contributed by atoms with van der Waals surface area (Å²) < 4.78 is 5.48. The highest BCUT2D eigenvalue weighted by molar-refractivity contribution is 5.79. The summed E-state index contributed by atoms with van der Waals surface area (Å²) in [7, 11) is 0. The summed E-state index contributed by atoms with van der Waals surface area (Å²) in [6.07, 6.45) is -1.39. The highest BCUT2D eigenvalue weighted by atomic mass is 16.5. The first kappa shape index (κ1) is 22.6. The van der Waals surface area contributed by atoms with E-state index >= 15 is 0 Å². The molecule has 7 N–H and O–H groups in total. The van der Waals surface area contributed by atoms with Crippen LogP contribution in [0.3, 0.4) is 0 Å². The maximum atomic E-state index is 12.3. The highest BCUT2D eigenvalue weighted by Gasteiger charge is 2.29. The Bertz CT molecular complexity index is 1120. The molecule has 3 aromatic rings. The van der Waals surface area contributed by atoms with Crippen molar-refractivity contribution in [3.05, 3.63) is 77.0 Å². The van der Waals surface area contributed by atoms with Crippen LogP contribution in [0.2, 0.25) is 0 Å². The van der Waals surface area contributed by atoms with Crippen LogP contribution in [0.25, 0.3) is 11.1 Å². The predicted octanol–water partition coefficient (Wildman–Crippen LogP) is 2.88. The Hall–Kier alpha value is -3.62. The molecule has 1 aliphatic rings. The van der Waals surface area contributed by atoms with E-state index in [1.807, 2.05) is 24.3 Å². The number of amides is 1. The summed E-state index contributed by atoms with van der Waals surface area (Å²) in [6.45, 7) is 2.04. The number of aromatic nitrogens is 1. The van der Waals surface area contributed by atoms with E-state index in [0.717, 1.165) is 22.3 Å². The van der Waals surface area contributed by atoms with Gasteiger partial charge in [0.25, 0.3) is 0 Å². The lowest BCUT2D eigenvalue weighted by molar-refractivity contribution is 0.0131. The maximum absolute atomic E-state index is 12.3. The van der Waals surface area contributed by atoms with Crippen molar-refractivity contribution in [1.82, 2.24) is 10.3 Å². The Labute approximate surface area is 192 Å². The van der Waals surface area contributed by atoms with E-state index in [1.54, 1.807) is 6.92 Å². The van der Waals surface area contributed by atoms with Gasteiger partial charge in [-0.1, -0.05) is 48.5 Å². The second kappa shape index (κ2) is 9.48. The van der Waals surface area contributed by atoms with Gasteiger partial charge in [0.05, 0.1) is 11.8 Å². The minimum absolute atomic E-state index is 0.0259. The molecule has 0 saturated carbocycles. The number of aliphatic hydroxyl groups is 2. The van der Waals surface area contributed by atoms with E-state index in [9.17, 15) is 15.0 Å². The van der Waals surface area contributed by atoms with Gasteiger partial charge in [-0.25, -0.2) is 9.78 Å². The van der Waals surface area contributed by atoms with Crippen LogP contribution < -0.4 is 16.8 Å². The molecule has 1 heterocycles. The number of nitrogen functional groups attached to an aromatic ring is 2. The fourth-order valence-electron chi connectivity index (χ4n) is 4.29. The molecule has 4 rings (SSSR count). The lowest BCUT2D eigenvalue weighted by Gasteiger charge is -2.21. The SMILES string of the molecule is Cc1c(C(O)C(O)CCNC(=O)OCC2c3ccccc3-c3ccccc32)cnc(N)c1N. The van der Waals surface area contributed by atoms with Crippen LogP contribution in [-0.4, -0.2) is 40.5 Å². The van der Waals surface area contributed by atoms with Gasteiger partial charge < -0.3 is 31.7 Å². The number of benzene rings is 2. The quantitative estimate of drug-likeness (QED) is 0.374. The Morgan fingerprint density at radius 2 is 1.70 bits per heavy atom. The van der Waals surface area contributed by atoms with E-state index in [1.165, 1.54) is 6.20 Å². The second-order valence-corrected chi connectivity index (χ2v) is 8.19. The maximum Gasteiger partial charge on any atom is 0.407 e. The van der Waals surface area contributed by atoms with Crippen molar-refractivity contribution in [2.45, 2.75) is 31.5 Å². The van der Waals surface area contributed by atoms with E-state index < -0.39 is 18.3 Å². The number of anilines is 2. The van der Waals surface area contributed by atoms with Gasteiger partial charge in [-0.15, -0.1) is 0 Å². The molecule has 1 amide bonds. The zero-order chi connectivity index (χ0) is 23.5. The van der Waals surface area contributed by atoms with Gasteiger partial charge in [0.15, 0.2) is 0 Å². The molecular weight excluding hydrogens is 420 g/mol. The largest absolute Gasteiger partial charge is 0.449 e. The van der Waals surface area contributed by atoms with Gasteiger partial charge in [0.2, 0.25) is 0 Å². The first-order chi connectivity index (χ1) is 15.9. The van der Waals surface area contributed by atoms with E-state index in [4.69, 9.17) is 16.2 Å². The van der Waals surface area contributed by atoms with E-state index in [-0.39, 0.29) is 37.0 Å². The molecule has 0 saturated heterocycles. The van der Waals surface area contributed by atoms with Crippen molar-refractivity contribution in [3.63, 3.8) is 0 Å². The van der Waals surface area contributed by atoms with Crippen LogP contribution in [0.5, 0.6) is 0 Å². The van der Waals surface area contributed by atoms with Crippen LogP contribution in [0.1, 0.15) is 40.7 Å². The summed E-state index contributed by atoms with van der Waals surface area (Å²) in [5.74, 6) is 0.150. The number of pyridine rings is 1. The van der Waals surface area contributed by atoms with Crippen molar-refractivity contribution < 1.29 is 19.7 Å². The number of carbonyl (C=O) groups is 1. The number of ether oxygens (including phenoxy) is 1. The fourth-order valence-corrected chi connectivity index (χ4v) is 4.29. The van der Waals surface area contributed by atoms with Crippen LogP contribution >= 0.6 is 0 Å². The Kier molecular flexibility index (Phi) is 6.48. The van der Waals surface area contributed by atoms with Crippen LogP contribution in [0, 0.1) is 6.92 Å². The molecule has 172 valence electrons. The fraction of sp³-hybridized carbons (Fsp3) is 0.280. The minimum Gasteiger partial charge on any atom is -0.449 e. The molecule has 2 aromatic carbocycles. The number of hydrogen-bond donors (Lipinski definition) is 5. The molecule has 2 atom stereocenters. The molecule has 8 nitrogen and oxygen atoms in total. The average molecular weight is 449 g/mol. The first-order valence-electron chi connectivity index (χ1n) is 10.8. The smallest absolute Gasteiger partial charge is 0.407 e. The Morgan fingerprint density at radius 3 is 2.33 bits per heavy atom. The zero-order valence-corrected chi connectivity index (χ0v) is 18.4. The van der Waals surface area contributed by atoms with Crippen molar-refractivity contribution in [1.29, 1.82) is 0 Å². The molecule has 0 bridgehead atoms. The van der Waals surface area contributed by atoms with E-state index in [2.05, 4.69) is 34.6 Å². The van der Waals surface area contributed by atoms with E-state index in [0.29, 0.717) is 11.1 Å². The second-order valence-electron chi connectivity index (χ2n) is 8.19. The van der Waals surface area contributed by atoms with Gasteiger partial charge in [-0.3, -0.25) is 0 Å². The summed E-state index contributed by atoms with van der Waals surface area (Å²) >= 11 is 0. The Balaban J connectivity index is 1.30. The normalized spacial score (nSPS) is 14.3. The van der Waals surface area contributed by atoms with Gasteiger partial charge in [-0.2, -0.15) is 0 Å². The number of carbonyl (C=O) groups excluding carboxylic acids is 1. The topological polar surface area (TPSA) is 144 Å². The van der Waals surface area contributed by atoms with Crippen molar-refractivity contribution >= 4 is 17.6 Å². The number of fused-ring (bicyclic) bond motifs is 3. The van der Waals surface area contributed by atoms with Crippen LogP contribution in [-0.2, 0) is 4.74 Å². The van der Waals surface area contributed by atoms with Gasteiger partial charge >= 0.3 is 6.09 Å². The summed E-state index contributed by atoms with van der Waals surface area (Å²) in [5.41, 5.74) is 17.3. The molecular formula is C25H28N4O4. The summed E-state index contributed by atoms with van der Waals surface area (Å²) in [5, 5.41) is 23.4. The molecule has 0 radical (unpaired) electrons. The summed E-state index contributed by atoms with van der Waals surface area (Å²) in [6, 6.07) is 16.2. The first-order valence-corrected chi connectivity index (χ1v) is 10.8. The zero-order valence-electron chi connectivity index (χ0n) is 18.4. The molecule has 1 aromatic heterocycles. The lowest BCUT2D eigenvalue weighted by atomic mass is 9.98. The minimum atomic E-state index is -1.20. The predicted molar refractivity (Wildman–Crippen MR) is 126 cm³/mol. The lowest BCUT2D eigenvalue weighted by Crippen LogP contribution is -2.31. The third-order valence-electron chi connectivity index (χ3n) is 6.19. The van der Waals surface area contributed by atoms with Crippen molar-refractivity contribution in [3.8, 4) is 11.1 Å². The number of aliphatic hydroxyl groups excluding tert-OH is 2. The number of hydrogen-bond acceptors (Lipinski definition) is 7. The van der Waals surface area contributed by atoms with Crippen LogP contribution in [0.4, 0.5) is 16.3 Å². The Morgan fingerprint density at radius 1 is 1.09 bits per heavy atom. The van der Waals surface area contributed by atoms with Gasteiger partial charge in [-0.05, 0) is 41.2 Å². The molecule has 0 spiro atoms. The van der Waals surface area contributed by atoms with Crippen molar-refractivity contribution in [2.24, 2.45) is 0 Å². The van der Waals surface area contributed by atoms with Gasteiger partial charge in [0, 0.05) is 24.2 Å². The monoisotopic (exact) mass is 448 g/mol. The number of rotatable bonds is 7. The van der Waals surface area contributed by atoms with Gasteiger partial charge in [0.1, 0.15) is 18.5 Å². The third-order valence-corrected chi connectivity index (χ3v) is 6.19. The number of nitrogens with one attached hydrogen (secondary N) is 1. The summed E-state index contributed by atoms with van der Waals surface area (Å²) in [4.78, 5) is 16.2. The number of nitrogens with two attached hydrogens (primary N) is 2. The number of alkyl carbamates (subject to hydrolysis) is 1. The van der Waals surface area contributed by atoms with Crippen LogP contribution in [0.15, 0.2) is 54.7 Å². The molecule has 0 fully saturated rings. The molecule has 33 heavy (non-hydrogen) atoms. The number of nitrogens with zero attached hydrogens (tertiary/aromatic N) is 1. The molecule has 2 unspecified atom stereocenters. The molecule has 1 aliphatic carbocycles. The van der Waals surface area contributed by atoms with Crippen molar-refractivity contribution in [2.75, 3.05) is 24.6 Å². The standard InChI is InChI=1S/C25H28N4O4/c1-14-19(12-29-24(27)22(14)26)23(31)21(30)10-11-28-25(32)33-13-20-17-8-4-2-6-15(17)16-7-3-5-9-18(16)20/h2-9,12,20-21,23,30-31H,10-11,13,26H2,1H3,(H2,27,29)(H,28,32). The average Bonchev–Trinajstić information content (AvgIpc) is 3.14. The molecule has 8 heteroatoms. The highest BCUT2D eigenvalue weighted by Crippen LogP contribution is 2.44.